The van der Waals surface area contributed by atoms with Crippen LogP contribution < -0.4 is 32.1 Å². The van der Waals surface area contributed by atoms with Gasteiger partial charge in [0.2, 0.25) is 0 Å². The quantitative estimate of drug-likeness (QED) is 0.160. The first-order chi connectivity index (χ1) is 33.0. The van der Waals surface area contributed by atoms with Crippen molar-refractivity contribution in [1.82, 2.24) is 19.8 Å². The third kappa shape index (κ3) is 15.7. The van der Waals surface area contributed by atoms with Crippen LogP contribution in [0.2, 0.25) is 0 Å². The molecule has 5 aromatic carbocycles. The Kier molecular flexibility index (Phi) is 23.3. The topological polar surface area (TPSA) is 119 Å². The van der Waals surface area contributed by atoms with E-state index in [9.17, 15) is 10.2 Å². The van der Waals surface area contributed by atoms with Gasteiger partial charge in [-0.2, -0.15) is 21.9 Å². The maximum atomic E-state index is 11.8. The monoisotopic (exact) mass is 984 g/mol. The van der Waals surface area contributed by atoms with Crippen molar-refractivity contribution >= 4 is 28.0 Å². The molecule has 1 aliphatic heterocycles. The van der Waals surface area contributed by atoms with Crippen molar-refractivity contribution in [3.8, 4) is 11.5 Å². The van der Waals surface area contributed by atoms with Crippen molar-refractivity contribution in [3.63, 3.8) is 0 Å². The molecule has 1 radical (unpaired) electrons. The Morgan fingerprint density at radius 2 is 0.729 bits per heavy atom. The van der Waals surface area contributed by atoms with Gasteiger partial charge in [0.25, 0.3) is 0 Å². The van der Waals surface area contributed by atoms with Crippen molar-refractivity contribution in [2.75, 3.05) is 14.2 Å². The first-order valence-corrected chi connectivity index (χ1v) is 24.1. The summed E-state index contributed by atoms with van der Waals surface area (Å²) in [5.74, 6) is -0.752. The van der Waals surface area contributed by atoms with Crippen molar-refractivity contribution < 1.29 is 37.5 Å². The fourth-order valence-corrected chi connectivity index (χ4v) is 8.80. The maximum Gasteiger partial charge on any atom is 5.00 e. The van der Waals surface area contributed by atoms with Crippen LogP contribution in [0.4, 0.5) is 0 Å². The Hall–Kier alpha value is -5.58. The Labute approximate surface area is 430 Å². The first kappa shape index (κ1) is 58.7. The van der Waals surface area contributed by atoms with Crippen LogP contribution in [0, 0.1) is 0 Å². The van der Waals surface area contributed by atoms with Crippen LogP contribution in [0.3, 0.4) is 0 Å². The van der Waals surface area contributed by atoms with Crippen molar-refractivity contribution in [1.29, 1.82) is 0 Å². The SMILES string of the molecule is CC(C)(C)c1cc([O-])c([O-])c(C(C)(C)C)c1.CC(C)N1Cc2cccc(n2)CN(C(C)C)Cc2cccc(n2)C1.CO.CO.[Fe+5].c1ccc([B-](c2ccccc2)(c2ccccc2)c2ccccc2)cc1. The van der Waals surface area contributed by atoms with Crippen LogP contribution in [0.1, 0.15) is 103 Å². The summed E-state index contributed by atoms with van der Waals surface area (Å²) in [5.41, 5.74) is 11.1. The summed E-state index contributed by atoms with van der Waals surface area (Å²) in [6, 6.07) is 60.6. The number of benzene rings is 5. The van der Waals surface area contributed by atoms with E-state index in [-0.39, 0.29) is 33.6 Å². The maximum absolute atomic E-state index is 11.8. The fraction of sp³-hybridized carbons (Fsp3) is 0.333. The molecule has 2 aromatic heterocycles. The van der Waals surface area contributed by atoms with E-state index in [0.717, 1.165) is 68.7 Å². The molecule has 2 N–H and O–H groups in total. The van der Waals surface area contributed by atoms with E-state index in [1.807, 2.05) is 47.6 Å². The summed E-state index contributed by atoms with van der Waals surface area (Å²) >= 11 is 0. The predicted octanol–water partition coefficient (Wildman–Crippen LogP) is 8.32. The number of hydrogen-bond acceptors (Lipinski definition) is 8. The van der Waals surface area contributed by atoms with E-state index in [2.05, 4.69) is 195 Å². The molecule has 3 heterocycles. The van der Waals surface area contributed by atoms with Gasteiger partial charge in [-0.3, -0.25) is 19.8 Å². The van der Waals surface area contributed by atoms with Crippen LogP contribution in [-0.4, -0.2) is 62.4 Å². The molecule has 70 heavy (non-hydrogen) atoms. The molecule has 7 aromatic rings. The van der Waals surface area contributed by atoms with Crippen LogP contribution in [0.5, 0.6) is 11.5 Å². The van der Waals surface area contributed by atoms with Gasteiger partial charge in [0.1, 0.15) is 6.15 Å². The molecule has 10 heteroatoms. The number of aromatic nitrogens is 2. The standard InChI is InChI=1S/C24H20B.C20H28N4.C14H22O2.2CH4O.Fe/c1-5-13-21(14-6-1)25(22-15-7-2-8-16-22,23-17-9-3-10-18-23)24-19-11-4-12-20-24;1-15(2)23-11-17-7-5-9-19(21-17)13-24(16(3)4)14-20-10-6-8-18(12-23)22-20;1-13(2,3)9-7-10(14(4,5)6)12(16)11(15)8-9;2*1-2;/h1-20H;5-10,15-16H,11-14H2,1-4H3;7-8,15-16H,1-6H3;2*2H,1H3;/q-1;;;;;+5/p-2. The Morgan fingerprint density at radius 1 is 0.443 bits per heavy atom. The minimum absolute atomic E-state index is 0. The summed E-state index contributed by atoms with van der Waals surface area (Å²) in [6.07, 6.45) is -1.22. The fourth-order valence-electron chi connectivity index (χ4n) is 8.80. The third-order valence-electron chi connectivity index (χ3n) is 12.6. The molecular formula is C60H76BFeN4O4+2. The number of nitrogens with zero attached hydrogens (tertiary/aromatic N) is 4. The van der Waals surface area contributed by atoms with Crippen LogP contribution in [-0.2, 0) is 54.1 Å². The van der Waals surface area contributed by atoms with Gasteiger partial charge in [0, 0.05) is 52.5 Å². The molecule has 369 valence electrons. The molecule has 0 saturated heterocycles. The molecule has 0 spiro atoms. The van der Waals surface area contributed by atoms with Gasteiger partial charge in [-0.1, -0.05) is 193 Å². The molecule has 0 atom stereocenters. The molecule has 0 amide bonds. The molecule has 8 rings (SSSR count). The van der Waals surface area contributed by atoms with Crippen LogP contribution in [0.25, 0.3) is 0 Å². The van der Waals surface area contributed by atoms with Crippen LogP contribution in [0.15, 0.2) is 170 Å². The van der Waals surface area contributed by atoms with E-state index in [1.54, 1.807) is 0 Å². The van der Waals surface area contributed by atoms with Crippen molar-refractivity contribution in [2.45, 2.75) is 118 Å². The number of hydrogen-bond donors (Lipinski definition) is 2. The van der Waals surface area contributed by atoms with Gasteiger partial charge in [0.15, 0.2) is 0 Å². The third-order valence-corrected chi connectivity index (χ3v) is 12.6. The minimum atomic E-state index is -1.22. The van der Waals surface area contributed by atoms with E-state index < -0.39 is 11.9 Å². The normalized spacial score (nSPS) is 12.9. The summed E-state index contributed by atoms with van der Waals surface area (Å²) < 4.78 is 0. The van der Waals surface area contributed by atoms with Gasteiger partial charge in [-0.25, -0.2) is 0 Å². The number of aliphatic hydroxyl groups is 2. The number of aliphatic hydroxyl groups excluding tert-OH is 2. The summed E-state index contributed by atoms with van der Waals surface area (Å²) in [7, 11) is 2.00. The number of rotatable bonds is 6. The molecule has 0 aliphatic carbocycles. The molecular weight excluding hydrogens is 907 g/mol. The Bertz CT molecular complexity index is 2300. The second-order valence-corrected chi connectivity index (χ2v) is 20.1. The minimum Gasteiger partial charge on any atom is -0.873 e. The van der Waals surface area contributed by atoms with E-state index in [4.69, 9.17) is 20.2 Å². The van der Waals surface area contributed by atoms with Crippen molar-refractivity contribution in [3.05, 3.63) is 204 Å². The molecule has 8 nitrogen and oxygen atoms in total. The second-order valence-electron chi connectivity index (χ2n) is 20.1. The van der Waals surface area contributed by atoms with Gasteiger partial charge in [0.05, 0.1) is 22.8 Å². The molecule has 0 unspecified atom stereocenters. The zero-order chi connectivity index (χ0) is 50.8. The Morgan fingerprint density at radius 3 is 0.971 bits per heavy atom. The zero-order valence-electron chi connectivity index (χ0n) is 43.6. The van der Waals surface area contributed by atoms with E-state index in [0.29, 0.717) is 17.6 Å². The van der Waals surface area contributed by atoms with Gasteiger partial charge < -0.3 is 20.4 Å². The zero-order valence-corrected chi connectivity index (χ0v) is 44.7. The largest absolute Gasteiger partial charge is 5.00 e. The molecule has 1 aliphatic rings. The summed E-state index contributed by atoms with van der Waals surface area (Å²) in [4.78, 5) is 14.7. The van der Waals surface area contributed by atoms with Gasteiger partial charge in [-0.15, -0.1) is 11.5 Å². The van der Waals surface area contributed by atoms with E-state index in [1.165, 1.54) is 27.9 Å². The first-order valence-electron chi connectivity index (χ1n) is 24.1. The molecule has 4 bridgehead atoms. The van der Waals surface area contributed by atoms with Crippen LogP contribution >= 0.6 is 0 Å². The second kappa shape index (κ2) is 27.7. The average molecular weight is 984 g/mol. The van der Waals surface area contributed by atoms with E-state index >= 15 is 0 Å². The average Bonchev–Trinajstić information content (AvgIpc) is 3.34. The number of fused-ring (bicyclic) bond motifs is 4. The predicted molar refractivity (Wildman–Crippen MR) is 286 cm³/mol. The Balaban J connectivity index is 0.000000272. The smallest absolute Gasteiger partial charge is 0.873 e. The molecule has 0 saturated carbocycles. The molecule has 0 fully saturated rings. The summed E-state index contributed by atoms with van der Waals surface area (Å²) in [5, 5.41) is 37.4. The van der Waals surface area contributed by atoms with Crippen molar-refractivity contribution in [2.24, 2.45) is 0 Å². The van der Waals surface area contributed by atoms with Gasteiger partial charge >= 0.3 is 17.1 Å². The number of pyridine rings is 2. The van der Waals surface area contributed by atoms with Gasteiger partial charge in [-0.05, 0) is 68.4 Å². The summed E-state index contributed by atoms with van der Waals surface area (Å²) in [6.45, 7) is 24.4.